The average molecular weight is 413 g/mol. The summed E-state index contributed by atoms with van der Waals surface area (Å²) in [6, 6.07) is 25.5. The summed E-state index contributed by atoms with van der Waals surface area (Å²) in [5.41, 5.74) is 1.84. The number of phenolic OH excluding ortho intramolecular Hbond substituents is 1. The number of rotatable bonds is 6. The van der Waals surface area contributed by atoms with Crippen molar-refractivity contribution in [3.8, 4) is 17.2 Å². The molecule has 1 atom stereocenters. The number of hydrogen-bond acceptors (Lipinski definition) is 4. The van der Waals surface area contributed by atoms with E-state index < -0.39 is 6.04 Å². The van der Waals surface area contributed by atoms with Crippen molar-refractivity contribution in [1.82, 2.24) is 5.32 Å². The number of nitrogens with one attached hydrogen (secondary N) is 1. The Labute approximate surface area is 180 Å². The highest BCUT2D eigenvalue weighted by atomic mass is 16.5. The number of amides is 1. The number of benzene rings is 4. The van der Waals surface area contributed by atoms with Gasteiger partial charge in [-0.05, 0) is 34.5 Å². The fourth-order valence-electron chi connectivity index (χ4n) is 3.83. The van der Waals surface area contributed by atoms with E-state index in [2.05, 4.69) is 5.32 Å². The van der Waals surface area contributed by atoms with Gasteiger partial charge in [-0.15, -0.1) is 0 Å². The van der Waals surface area contributed by atoms with E-state index in [9.17, 15) is 9.90 Å². The number of hydrogen-bond donors (Lipinski definition) is 2. The summed E-state index contributed by atoms with van der Waals surface area (Å²) in [6.45, 7) is 0. The Morgan fingerprint density at radius 2 is 1.58 bits per heavy atom. The summed E-state index contributed by atoms with van der Waals surface area (Å²) >= 11 is 0. The molecule has 0 aromatic heterocycles. The molecule has 156 valence electrons. The fraction of sp³-hybridized carbons (Fsp3) is 0.115. The molecule has 0 spiro atoms. The maximum absolute atomic E-state index is 13.4. The third kappa shape index (κ3) is 3.90. The fourth-order valence-corrected chi connectivity index (χ4v) is 3.83. The van der Waals surface area contributed by atoms with E-state index in [-0.39, 0.29) is 11.7 Å². The lowest BCUT2D eigenvalue weighted by atomic mass is 9.92. The van der Waals surface area contributed by atoms with Gasteiger partial charge in [0.05, 0.1) is 25.8 Å². The maximum Gasteiger partial charge on any atom is 0.255 e. The Bertz CT molecular complexity index is 1220. The topological polar surface area (TPSA) is 67.8 Å². The van der Waals surface area contributed by atoms with Crippen LogP contribution in [0.4, 0.5) is 0 Å². The van der Waals surface area contributed by atoms with Crippen LogP contribution in [0.5, 0.6) is 17.2 Å². The van der Waals surface area contributed by atoms with Gasteiger partial charge < -0.3 is 19.9 Å². The largest absolute Gasteiger partial charge is 0.508 e. The second-order valence-electron chi connectivity index (χ2n) is 7.08. The summed E-state index contributed by atoms with van der Waals surface area (Å²) in [6.07, 6.45) is 0. The SMILES string of the molecule is COc1cccc(C(=O)NC(c2ccccc2)c2c(O)ccc3ccccc23)c1OC. The Kier molecular flexibility index (Phi) is 5.76. The van der Waals surface area contributed by atoms with Crippen molar-refractivity contribution in [2.45, 2.75) is 6.04 Å². The zero-order valence-corrected chi connectivity index (χ0v) is 17.3. The predicted molar refractivity (Wildman–Crippen MR) is 121 cm³/mol. The van der Waals surface area contributed by atoms with Crippen LogP contribution in [-0.2, 0) is 0 Å². The van der Waals surface area contributed by atoms with E-state index >= 15 is 0 Å². The molecule has 0 aliphatic carbocycles. The van der Waals surface area contributed by atoms with Crippen LogP contribution in [0, 0.1) is 0 Å². The molecule has 31 heavy (non-hydrogen) atoms. The summed E-state index contributed by atoms with van der Waals surface area (Å²) in [4.78, 5) is 13.4. The van der Waals surface area contributed by atoms with Crippen molar-refractivity contribution in [1.29, 1.82) is 0 Å². The molecule has 1 amide bonds. The van der Waals surface area contributed by atoms with Gasteiger partial charge in [0.1, 0.15) is 5.75 Å². The van der Waals surface area contributed by atoms with E-state index in [0.29, 0.717) is 22.6 Å². The first-order valence-corrected chi connectivity index (χ1v) is 9.91. The molecule has 0 aliphatic heterocycles. The Morgan fingerprint density at radius 1 is 0.839 bits per heavy atom. The monoisotopic (exact) mass is 413 g/mol. The molecule has 4 aromatic rings. The van der Waals surface area contributed by atoms with Gasteiger partial charge in [-0.1, -0.05) is 66.7 Å². The highest BCUT2D eigenvalue weighted by molar-refractivity contribution is 5.99. The molecule has 1 unspecified atom stereocenters. The molecule has 0 radical (unpaired) electrons. The van der Waals surface area contributed by atoms with Crippen molar-refractivity contribution in [3.05, 3.63) is 102 Å². The second-order valence-corrected chi connectivity index (χ2v) is 7.08. The van der Waals surface area contributed by atoms with E-state index in [1.165, 1.54) is 14.2 Å². The van der Waals surface area contributed by atoms with Gasteiger partial charge in [0.2, 0.25) is 0 Å². The molecule has 0 fully saturated rings. The summed E-state index contributed by atoms with van der Waals surface area (Å²) in [7, 11) is 3.03. The van der Waals surface area contributed by atoms with Crippen molar-refractivity contribution in [2.75, 3.05) is 14.2 Å². The summed E-state index contributed by atoms with van der Waals surface area (Å²) in [5.74, 6) is 0.610. The molecule has 0 aliphatic rings. The number of ether oxygens (including phenoxy) is 2. The van der Waals surface area contributed by atoms with Crippen LogP contribution in [-0.4, -0.2) is 25.2 Å². The third-order valence-electron chi connectivity index (χ3n) is 5.29. The minimum atomic E-state index is -0.573. The first kappa shape index (κ1) is 20.3. The van der Waals surface area contributed by atoms with Crippen LogP contribution in [0.2, 0.25) is 0 Å². The summed E-state index contributed by atoms with van der Waals surface area (Å²) < 4.78 is 10.8. The van der Waals surface area contributed by atoms with Crippen LogP contribution >= 0.6 is 0 Å². The van der Waals surface area contributed by atoms with E-state index in [0.717, 1.165) is 16.3 Å². The number of carbonyl (C=O) groups excluding carboxylic acids is 1. The first-order chi connectivity index (χ1) is 15.1. The number of phenols is 1. The lowest BCUT2D eigenvalue weighted by molar-refractivity contribution is 0.0939. The molecule has 5 heteroatoms. The van der Waals surface area contributed by atoms with Gasteiger partial charge in [0.25, 0.3) is 5.91 Å². The van der Waals surface area contributed by atoms with Crippen LogP contribution in [0.25, 0.3) is 10.8 Å². The molecule has 0 bridgehead atoms. The highest BCUT2D eigenvalue weighted by Gasteiger charge is 2.25. The molecule has 0 heterocycles. The lowest BCUT2D eigenvalue weighted by Gasteiger charge is -2.23. The minimum Gasteiger partial charge on any atom is -0.508 e. The average Bonchev–Trinajstić information content (AvgIpc) is 2.82. The number of methoxy groups -OCH3 is 2. The standard InChI is InChI=1S/C26H23NO4/c1-30-22-14-8-13-20(25(22)31-2)26(29)27-24(18-10-4-3-5-11-18)23-19-12-7-6-9-17(19)15-16-21(23)28/h3-16,24,28H,1-2H3,(H,27,29). The van der Waals surface area contributed by atoms with Crippen LogP contribution in [0.1, 0.15) is 27.5 Å². The van der Waals surface area contributed by atoms with Gasteiger partial charge in [-0.2, -0.15) is 0 Å². The van der Waals surface area contributed by atoms with E-state index in [1.54, 1.807) is 24.3 Å². The van der Waals surface area contributed by atoms with Gasteiger partial charge in [-0.3, -0.25) is 4.79 Å². The highest BCUT2D eigenvalue weighted by Crippen LogP contribution is 2.37. The zero-order valence-electron chi connectivity index (χ0n) is 17.3. The van der Waals surface area contributed by atoms with Crippen molar-refractivity contribution in [2.24, 2.45) is 0 Å². The number of para-hydroxylation sites is 1. The van der Waals surface area contributed by atoms with Gasteiger partial charge in [-0.25, -0.2) is 0 Å². The van der Waals surface area contributed by atoms with E-state index in [4.69, 9.17) is 9.47 Å². The summed E-state index contributed by atoms with van der Waals surface area (Å²) in [5, 5.41) is 15.7. The lowest BCUT2D eigenvalue weighted by Crippen LogP contribution is -2.30. The smallest absolute Gasteiger partial charge is 0.255 e. The molecule has 0 saturated carbocycles. The number of aromatic hydroxyl groups is 1. The van der Waals surface area contributed by atoms with Gasteiger partial charge in [0, 0.05) is 5.56 Å². The van der Waals surface area contributed by atoms with Crippen LogP contribution < -0.4 is 14.8 Å². The van der Waals surface area contributed by atoms with Crippen molar-refractivity contribution >= 4 is 16.7 Å². The molecular formula is C26H23NO4. The predicted octanol–water partition coefficient (Wildman–Crippen LogP) is 5.08. The van der Waals surface area contributed by atoms with E-state index in [1.807, 2.05) is 60.7 Å². The van der Waals surface area contributed by atoms with Gasteiger partial charge in [0.15, 0.2) is 11.5 Å². The Balaban J connectivity index is 1.84. The normalized spacial score (nSPS) is 11.7. The van der Waals surface area contributed by atoms with Crippen molar-refractivity contribution in [3.63, 3.8) is 0 Å². The number of fused-ring (bicyclic) bond motifs is 1. The second kappa shape index (κ2) is 8.79. The molecule has 4 aromatic carbocycles. The van der Waals surface area contributed by atoms with Gasteiger partial charge >= 0.3 is 0 Å². The Hall–Kier alpha value is -3.99. The molecular weight excluding hydrogens is 390 g/mol. The Morgan fingerprint density at radius 3 is 2.32 bits per heavy atom. The molecule has 5 nitrogen and oxygen atoms in total. The zero-order chi connectivity index (χ0) is 21.8. The quantitative estimate of drug-likeness (QED) is 0.462. The molecule has 2 N–H and O–H groups in total. The minimum absolute atomic E-state index is 0.116. The van der Waals surface area contributed by atoms with Crippen LogP contribution in [0.3, 0.4) is 0 Å². The molecule has 4 rings (SSSR count). The number of carbonyl (C=O) groups is 1. The maximum atomic E-state index is 13.4. The first-order valence-electron chi connectivity index (χ1n) is 9.91. The molecule has 0 saturated heterocycles. The third-order valence-corrected chi connectivity index (χ3v) is 5.29. The van der Waals surface area contributed by atoms with Crippen molar-refractivity contribution < 1.29 is 19.4 Å². The van der Waals surface area contributed by atoms with Crippen LogP contribution in [0.15, 0.2) is 84.9 Å².